The molecule has 2 rings (SSSR count). The number of aryl methyl sites for hydroxylation is 2. The van der Waals surface area contributed by atoms with E-state index in [1.54, 1.807) is 0 Å². The summed E-state index contributed by atoms with van der Waals surface area (Å²) in [4.78, 5) is 4.88. The van der Waals surface area contributed by atoms with E-state index >= 15 is 0 Å². The quantitative estimate of drug-likeness (QED) is 0.773. The molecule has 0 aromatic heterocycles. The molecule has 1 aliphatic rings. The van der Waals surface area contributed by atoms with Crippen LogP contribution in [0.3, 0.4) is 0 Å². The van der Waals surface area contributed by atoms with Gasteiger partial charge in [-0.2, -0.15) is 0 Å². The van der Waals surface area contributed by atoms with Gasteiger partial charge in [-0.3, -0.25) is 0 Å². The molecular formula is C15H24N2. The van der Waals surface area contributed by atoms with E-state index in [-0.39, 0.29) is 0 Å². The van der Waals surface area contributed by atoms with Gasteiger partial charge in [0.2, 0.25) is 0 Å². The van der Waals surface area contributed by atoms with Gasteiger partial charge in [-0.05, 0) is 64.0 Å². The summed E-state index contributed by atoms with van der Waals surface area (Å²) in [5.74, 6) is 0. The number of rotatable bonds is 2. The maximum absolute atomic E-state index is 2.53. The molecule has 1 atom stereocenters. The Kier molecular flexibility index (Phi) is 3.72. The largest absolute Gasteiger partial charge is 0.370 e. The molecule has 94 valence electrons. The third-order valence-electron chi connectivity index (χ3n) is 3.98. The zero-order chi connectivity index (χ0) is 12.4. The number of anilines is 1. The van der Waals surface area contributed by atoms with Crippen LogP contribution in [0.25, 0.3) is 0 Å². The molecular weight excluding hydrogens is 208 g/mol. The van der Waals surface area contributed by atoms with Crippen LogP contribution < -0.4 is 4.90 Å². The monoisotopic (exact) mass is 232 g/mol. The summed E-state index contributed by atoms with van der Waals surface area (Å²) in [7, 11) is 4.38. The first-order valence-electron chi connectivity index (χ1n) is 6.56. The van der Waals surface area contributed by atoms with Crippen molar-refractivity contribution in [2.75, 3.05) is 32.1 Å². The number of likely N-dealkylation sites (N-methyl/N-ethyl adjacent to an activating group) is 1. The zero-order valence-electron chi connectivity index (χ0n) is 11.5. The fourth-order valence-electron chi connectivity index (χ4n) is 2.53. The predicted octanol–water partition coefficient (Wildman–Crippen LogP) is 2.83. The van der Waals surface area contributed by atoms with Crippen molar-refractivity contribution >= 4 is 5.69 Å². The molecule has 1 saturated heterocycles. The Morgan fingerprint density at radius 2 is 1.94 bits per heavy atom. The molecule has 17 heavy (non-hydrogen) atoms. The molecule has 0 saturated carbocycles. The minimum atomic E-state index is 0.699. The third-order valence-corrected chi connectivity index (χ3v) is 3.98. The maximum Gasteiger partial charge on any atom is 0.0369 e. The molecule has 1 aromatic carbocycles. The molecule has 2 nitrogen and oxygen atoms in total. The average Bonchev–Trinajstić information content (AvgIpc) is 2.33. The van der Waals surface area contributed by atoms with Gasteiger partial charge < -0.3 is 9.80 Å². The van der Waals surface area contributed by atoms with Crippen LogP contribution in [0.4, 0.5) is 5.69 Å². The van der Waals surface area contributed by atoms with Crippen molar-refractivity contribution in [3.8, 4) is 0 Å². The fraction of sp³-hybridized carbons (Fsp3) is 0.600. The van der Waals surface area contributed by atoms with Crippen LogP contribution >= 0.6 is 0 Å². The lowest BCUT2D eigenvalue weighted by atomic mass is 10.0. The molecule has 2 heteroatoms. The third kappa shape index (κ3) is 2.81. The number of nitrogens with zero attached hydrogens (tertiary/aromatic N) is 2. The van der Waals surface area contributed by atoms with E-state index < -0.39 is 0 Å². The molecule has 0 bridgehead atoms. The van der Waals surface area contributed by atoms with Crippen molar-refractivity contribution in [2.45, 2.75) is 32.7 Å². The molecule has 0 amide bonds. The van der Waals surface area contributed by atoms with E-state index in [1.807, 2.05) is 0 Å². The smallest absolute Gasteiger partial charge is 0.0369 e. The first-order chi connectivity index (χ1) is 8.08. The highest BCUT2D eigenvalue weighted by atomic mass is 15.2. The Balaban J connectivity index is 2.13. The minimum absolute atomic E-state index is 0.699. The Hall–Kier alpha value is -1.02. The normalized spacial score (nSPS) is 21.0. The lowest BCUT2D eigenvalue weighted by molar-refractivity contribution is 0.258. The van der Waals surface area contributed by atoms with Crippen LogP contribution in [0.2, 0.25) is 0 Å². The van der Waals surface area contributed by atoms with Gasteiger partial charge in [0, 0.05) is 24.8 Å². The van der Waals surface area contributed by atoms with Gasteiger partial charge in [0.15, 0.2) is 0 Å². The van der Waals surface area contributed by atoms with Gasteiger partial charge in [0.25, 0.3) is 0 Å². The molecule has 0 N–H and O–H groups in total. The number of hydrogen-bond acceptors (Lipinski definition) is 2. The second-order valence-electron chi connectivity index (χ2n) is 5.47. The van der Waals surface area contributed by atoms with Crippen molar-refractivity contribution < 1.29 is 0 Å². The number of hydrogen-bond donors (Lipinski definition) is 0. The van der Waals surface area contributed by atoms with Gasteiger partial charge in [0.05, 0.1) is 0 Å². The summed E-state index contributed by atoms with van der Waals surface area (Å²) < 4.78 is 0. The van der Waals surface area contributed by atoms with Gasteiger partial charge in [0.1, 0.15) is 0 Å². The number of benzene rings is 1. The van der Waals surface area contributed by atoms with Gasteiger partial charge >= 0.3 is 0 Å². The lowest BCUT2D eigenvalue weighted by Gasteiger charge is -2.37. The molecule has 1 unspecified atom stereocenters. The zero-order valence-corrected chi connectivity index (χ0v) is 11.5. The highest BCUT2D eigenvalue weighted by Gasteiger charge is 2.21. The number of piperidine rings is 1. The van der Waals surface area contributed by atoms with Crippen LogP contribution in [-0.2, 0) is 0 Å². The van der Waals surface area contributed by atoms with E-state index in [4.69, 9.17) is 0 Å². The SMILES string of the molecule is Cc1ccc(N2CCCC(N(C)C)C2)cc1C. The molecule has 0 spiro atoms. The Labute approximate surface area is 105 Å². The Morgan fingerprint density at radius 3 is 2.59 bits per heavy atom. The summed E-state index contributed by atoms with van der Waals surface area (Å²) in [6.45, 7) is 6.74. The van der Waals surface area contributed by atoms with E-state index in [9.17, 15) is 0 Å². The van der Waals surface area contributed by atoms with Crippen LogP contribution in [0, 0.1) is 13.8 Å². The van der Waals surface area contributed by atoms with Crippen molar-refractivity contribution in [3.63, 3.8) is 0 Å². The highest BCUT2D eigenvalue weighted by molar-refractivity contribution is 5.51. The molecule has 0 aliphatic carbocycles. The van der Waals surface area contributed by atoms with Crippen LogP contribution in [0.15, 0.2) is 18.2 Å². The summed E-state index contributed by atoms with van der Waals surface area (Å²) in [5.41, 5.74) is 4.17. The molecule has 1 aliphatic heterocycles. The summed E-state index contributed by atoms with van der Waals surface area (Å²) in [6.07, 6.45) is 2.63. The molecule has 1 aromatic rings. The molecule has 1 heterocycles. The van der Waals surface area contributed by atoms with E-state index in [2.05, 4.69) is 55.9 Å². The average molecular weight is 232 g/mol. The van der Waals surface area contributed by atoms with Crippen molar-refractivity contribution in [3.05, 3.63) is 29.3 Å². The second kappa shape index (κ2) is 5.09. The van der Waals surface area contributed by atoms with E-state index in [0.717, 1.165) is 6.54 Å². The van der Waals surface area contributed by atoms with Gasteiger partial charge in [-0.25, -0.2) is 0 Å². The highest BCUT2D eigenvalue weighted by Crippen LogP contribution is 2.23. The molecule has 1 fully saturated rings. The predicted molar refractivity (Wildman–Crippen MR) is 74.8 cm³/mol. The van der Waals surface area contributed by atoms with Crippen LogP contribution in [0.5, 0.6) is 0 Å². The van der Waals surface area contributed by atoms with E-state index in [0.29, 0.717) is 6.04 Å². The summed E-state index contributed by atoms with van der Waals surface area (Å²) >= 11 is 0. The van der Waals surface area contributed by atoms with Crippen molar-refractivity contribution in [2.24, 2.45) is 0 Å². The second-order valence-corrected chi connectivity index (χ2v) is 5.47. The molecule has 0 radical (unpaired) electrons. The first kappa shape index (κ1) is 12.4. The topological polar surface area (TPSA) is 6.48 Å². The van der Waals surface area contributed by atoms with Crippen molar-refractivity contribution in [1.29, 1.82) is 0 Å². The Morgan fingerprint density at radius 1 is 1.18 bits per heavy atom. The van der Waals surface area contributed by atoms with Gasteiger partial charge in [-0.1, -0.05) is 6.07 Å². The summed E-state index contributed by atoms with van der Waals surface area (Å²) in [6, 6.07) is 7.53. The fourth-order valence-corrected chi connectivity index (χ4v) is 2.53. The lowest BCUT2D eigenvalue weighted by Crippen LogP contribution is -2.45. The standard InChI is InChI=1S/C15H24N2/c1-12-7-8-14(10-13(12)2)17-9-5-6-15(11-17)16(3)4/h7-8,10,15H,5-6,9,11H2,1-4H3. The van der Waals surface area contributed by atoms with Gasteiger partial charge in [-0.15, -0.1) is 0 Å². The maximum atomic E-state index is 2.53. The van der Waals surface area contributed by atoms with E-state index in [1.165, 1.54) is 36.2 Å². The first-order valence-corrected chi connectivity index (χ1v) is 6.56. The Bertz CT molecular complexity index is 385. The van der Waals surface area contributed by atoms with Crippen molar-refractivity contribution in [1.82, 2.24) is 4.90 Å². The van der Waals surface area contributed by atoms with Crippen LogP contribution in [-0.4, -0.2) is 38.1 Å². The minimum Gasteiger partial charge on any atom is -0.370 e. The van der Waals surface area contributed by atoms with Crippen LogP contribution in [0.1, 0.15) is 24.0 Å². The summed E-state index contributed by atoms with van der Waals surface area (Å²) in [5, 5.41) is 0.